The molecule has 0 aliphatic carbocycles. The molecule has 3 atom stereocenters. The molecule has 1 unspecified atom stereocenters. The van der Waals surface area contributed by atoms with Crippen LogP contribution < -0.4 is 10.6 Å². The number of hydrogen-bond acceptors (Lipinski definition) is 5. The minimum Gasteiger partial charge on any atom is -0.375 e. The number of morpholine rings is 1. The number of amides is 1. The molecule has 1 aliphatic rings. The normalized spacial score (nSPS) is 25.7. The summed E-state index contributed by atoms with van der Waals surface area (Å²) in [5.41, 5.74) is 0. The zero-order chi connectivity index (χ0) is 13.1. The second-order valence-corrected chi connectivity index (χ2v) is 5.81. The minimum absolute atomic E-state index is 0.0254. The average molecular weight is 269 g/mol. The third kappa shape index (κ3) is 3.07. The number of aryl methyl sites for hydroxylation is 1. The predicted molar refractivity (Wildman–Crippen MR) is 70.6 cm³/mol. The van der Waals surface area contributed by atoms with E-state index in [1.165, 1.54) is 0 Å². The Kier molecular flexibility index (Phi) is 4.31. The van der Waals surface area contributed by atoms with Crippen molar-refractivity contribution in [2.24, 2.45) is 0 Å². The lowest BCUT2D eigenvalue weighted by molar-refractivity contribution is -0.129. The highest BCUT2D eigenvalue weighted by atomic mass is 32.1. The number of thiazole rings is 1. The molecule has 0 aromatic carbocycles. The first-order valence-corrected chi connectivity index (χ1v) is 6.97. The summed E-state index contributed by atoms with van der Waals surface area (Å²) < 4.78 is 5.47. The van der Waals surface area contributed by atoms with Gasteiger partial charge in [-0.25, -0.2) is 4.98 Å². The van der Waals surface area contributed by atoms with Gasteiger partial charge in [0, 0.05) is 17.6 Å². The minimum atomic E-state index is -0.276. The highest BCUT2D eigenvalue weighted by molar-refractivity contribution is 7.11. The Morgan fingerprint density at radius 3 is 3.11 bits per heavy atom. The summed E-state index contributed by atoms with van der Waals surface area (Å²) in [5.74, 6) is -0.0254. The lowest BCUT2D eigenvalue weighted by Crippen LogP contribution is -2.55. The molecular formula is C12H19N3O2S. The molecule has 0 bridgehead atoms. The number of carbonyl (C=O) groups excluding carboxylic acids is 1. The number of nitrogens with one attached hydrogen (secondary N) is 2. The molecule has 2 N–H and O–H groups in total. The molecule has 0 saturated carbocycles. The van der Waals surface area contributed by atoms with Gasteiger partial charge in [0.15, 0.2) is 0 Å². The molecule has 1 aliphatic heterocycles. The fraction of sp³-hybridized carbons (Fsp3) is 0.667. The molecular weight excluding hydrogens is 250 g/mol. The Hall–Kier alpha value is -0.980. The van der Waals surface area contributed by atoms with E-state index < -0.39 is 0 Å². The molecule has 0 spiro atoms. The van der Waals surface area contributed by atoms with E-state index in [0.717, 1.165) is 9.88 Å². The van der Waals surface area contributed by atoms with Gasteiger partial charge in [0.2, 0.25) is 5.91 Å². The van der Waals surface area contributed by atoms with Gasteiger partial charge < -0.3 is 15.4 Å². The number of hydrogen-bond donors (Lipinski definition) is 2. The van der Waals surface area contributed by atoms with Gasteiger partial charge in [-0.3, -0.25) is 4.79 Å². The maximum absolute atomic E-state index is 12.1. The Balaban J connectivity index is 1.94. The van der Waals surface area contributed by atoms with Crippen molar-refractivity contribution in [3.63, 3.8) is 0 Å². The van der Waals surface area contributed by atoms with Gasteiger partial charge in [0.05, 0.1) is 18.8 Å². The fourth-order valence-corrected chi connectivity index (χ4v) is 2.74. The first-order chi connectivity index (χ1) is 8.58. The lowest BCUT2D eigenvalue weighted by Gasteiger charge is -2.30. The van der Waals surface area contributed by atoms with Crippen LogP contribution in [0, 0.1) is 6.92 Å². The summed E-state index contributed by atoms with van der Waals surface area (Å²) >= 11 is 1.61. The van der Waals surface area contributed by atoms with E-state index in [9.17, 15) is 4.79 Å². The number of aromatic nitrogens is 1. The van der Waals surface area contributed by atoms with Crippen LogP contribution in [0.2, 0.25) is 0 Å². The fourth-order valence-electron chi connectivity index (χ4n) is 1.96. The van der Waals surface area contributed by atoms with E-state index >= 15 is 0 Å². The number of nitrogens with zero attached hydrogens (tertiary/aromatic N) is 1. The van der Waals surface area contributed by atoms with Crippen LogP contribution in [0.5, 0.6) is 0 Å². The van der Waals surface area contributed by atoms with Crippen LogP contribution >= 0.6 is 11.3 Å². The largest absolute Gasteiger partial charge is 0.375 e. The first kappa shape index (κ1) is 13.5. The molecule has 1 fully saturated rings. The van der Waals surface area contributed by atoms with E-state index in [0.29, 0.717) is 13.2 Å². The quantitative estimate of drug-likeness (QED) is 0.859. The molecule has 1 aromatic heterocycles. The van der Waals surface area contributed by atoms with Crippen molar-refractivity contribution in [1.82, 2.24) is 15.6 Å². The summed E-state index contributed by atoms with van der Waals surface area (Å²) in [6.07, 6.45) is 1.73. The Morgan fingerprint density at radius 2 is 2.50 bits per heavy atom. The molecule has 18 heavy (non-hydrogen) atoms. The molecule has 6 heteroatoms. The summed E-state index contributed by atoms with van der Waals surface area (Å²) in [6.45, 7) is 7.24. The Bertz CT molecular complexity index is 421. The predicted octanol–water partition coefficient (Wildman–Crippen LogP) is 1.01. The van der Waals surface area contributed by atoms with Crippen LogP contribution in [0.3, 0.4) is 0 Å². The van der Waals surface area contributed by atoms with Crippen molar-refractivity contribution in [2.45, 2.75) is 39.0 Å². The Labute approximate surface area is 111 Å². The van der Waals surface area contributed by atoms with Gasteiger partial charge in [0.25, 0.3) is 0 Å². The van der Waals surface area contributed by atoms with Crippen LogP contribution in [-0.4, -0.2) is 36.2 Å². The van der Waals surface area contributed by atoms with Gasteiger partial charge in [-0.15, -0.1) is 11.3 Å². The first-order valence-electron chi connectivity index (χ1n) is 6.15. The molecule has 2 heterocycles. The van der Waals surface area contributed by atoms with Crippen LogP contribution in [0.25, 0.3) is 0 Å². The van der Waals surface area contributed by atoms with Crippen molar-refractivity contribution in [1.29, 1.82) is 0 Å². The SMILES string of the molecule is Cc1cnc(C(C)NC(=O)[C@H]2NCCO[C@@H]2C)s1. The van der Waals surface area contributed by atoms with Crippen molar-refractivity contribution in [2.75, 3.05) is 13.2 Å². The van der Waals surface area contributed by atoms with Crippen LogP contribution in [0.15, 0.2) is 6.20 Å². The van der Waals surface area contributed by atoms with Gasteiger partial charge in [-0.2, -0.15) is 0 Å². The van der Waals surface area contributed by atoms with E-state index in [1.807, 2.05) is 27.0 Å². The maximum Gasteiger partial charge on any atom is 0.240 e. The molecule has 5 nitrogen and oxygen atoms in total. The van der Waals surface area contributed by atoms with Crippen LogP contribution in [0.4, 0.5) is 0 Å². The second-order valence-electron chi connectivity index (χ2n) is 4.55. The zero-order valence-electron chi connectivity index (χ0n) is 10.9. The standard InChI is InChI=1S/C12H19N3O2S/c1-7-6-14-12(18-7)8(2)15-11(16)10-9(3)17-5-4-13-10/h6,8-10,13H,4-5H2,1-3H3,(H,15,16)/t8?,9-,10+/m1/s1. The molecule has 1 saturated heterocycles. The lowest BCUT2D eigenvalue weighted by atomic mass is 10.1. The summed E-state index contributed by atoms with van der Waals surface area (Å²) in [5, 5.41) is 7.09. The number of ether oxygens (including phenoxy) is 1. The summed E-state index contributed by atoms with van der Waals surface area (Å²) in [4.78, 5) is 17.6. The third-order valence-corrected chi connectivity index (χ3v) is 4.06. The molecule has 1 aromatic rings. The highest BCUT2D eigenvalue weighted by Crippen LogP contribution is 2.19. The van der Waals surface area contributed by atoms with E-state index in [2.05, 4.69) is 15.6 Å². The monoisotopic (exact) mass is 269 g/mol. The third-order valence-electron chi connectivity index (χ3n) is 2.97. The van der Waals surface area contributed by atoms with Crippen molar-refractivity contribution in [3.8, 4) is 0 Å². The second kappa shape index (κ2) is 5.77. The van der Waals surface area contributed by atoms with E-state index in [1.54, 1.807) is 11.3 Å². The van der Waals surface area contributed by atoms with Crippen molar-refractivity contribution >= 4 is 17.2 Å². The maximum atomic E-state index is 12.1. The van der Waals surface area contributed by atoms with E-state index in [4.69, 9.17) is 4.74 Å². The van der Waals surface area contributed by atoms with Gasteiger partial charge >= 0.3 is 0 Å². The molecule has 1 amide bonds. The van der Waals surface area contributed by atoms with Crippen LogP contribution in [-0.2, 0) is 9.53 Å². The molecule has 2 rings (SSSR count). The smallest absolute Gasteiger partial charge is 0.240 e. The van der Waals surface area contributed by atoms with Gasteiger partial charge in [0.1, 0.15) is 11.0 Å². The number of rotatable bonds is 3. The highest BCUT2D eigenvalue weighted by Gasteiger charge is 2.29. The van der Waals surface area contributed by atoms with Crippen molar-refractivity contribution in [3.05, 3.63) is 16.1 Å². The van der Waals surface area contributed by atoms with Gasteiger partial charge in [-0.1, -0.05) is 0 Å². The Morgan fingerprint density at radius 1 is 1.72 bits per heavy atom. The summed E-state index contributed by atoms with van der Waals surface area (Å²) in [6, 6.07) is -0.339. The van der Waals surface area contributed by atoms with Gasteiger partial charge in [-0.05, 0) is 20.8 Å². The number of carbonyl (C=O) groups is 1. The van der Waals surface area contributed by atoms with Crippen LogP contribution in [0.1, 0.15) is 29.8 Å². The van der Waals surface area contributed by atoms with Crippen molar-refractivity contribution < 1.29 is 9.53 Å². The average Bonchev–Trinajstić information content (AvgIpc) is 2.76. The zero-order valence-corrected chi connectivity index (χ0v) is 11.7. The van der Waals surface area contributed by atoms with E-state index in [-0.39, 0.29) is 24.1 Å². The topological polar surface area (TPSA) is 63.2 Å². The molecule has 0 radical (unpaired) electrons. The summed E-state index contributed by atoms with van der Waals surface area (Å²) in [7, 11) is 0. The molecule has 100 valence electrons.